The minimum absolute atomic E-state index is 0.00689. The number of carbonyl (C=O) groups is 1. The molecule has 0 saturated heterocycles. The fourth-order valence-corrected chi connectivity index (χ4v) is 3.88. The van der Waals surface area contributed by atoms with Gasteiger partial charge in [0.25, 0.3) is 0 Å². The maximum atomic E-state index is 13.8. The van der Waals surface area contributed by atoms with Gasteiger partial charge in [-0.25, -0.2) is 12.8 Å². The molecule has 1 amide bonds. The Labute approximate surface area is 152 Å². The second-order valence-electron chi connectivity index (χ2n) is 5.89. The second-order valence-corrected chi connectivity index (χ2v) is 7.90. The van der Waals surface area contributed by atoms with Crippen molar-refractivity contribution in [3.63, 3.8) is 0 Å². The highest BCUT2D eigenvalue weighted by atomic mass is 32.2. The van der Waals surface area contributed by atoms with Gasteiger partial charge in [-0.2, -0.15) is 4.31 Å². The first kappa shape index (κ1) is 19.9. The zero-order valence-corrected chi connectivity index (χ0v) is 15.9. The van der Waals surface area contributed by atoms with Crippen molar-refractivity contribution in [1.82, 2.24) is 4.31 Å². The summed E-state index contributed by atoms with van der Waals surface area (Å²) in [4.78, 5) is 11.3. The Bertz CT molecular complexity index is 929. The summed E-state index contributed by atoms with van der Waals surface area (Å²) in [5, 5.41) is 2.57. The first-order valence-corrected chi connectivity index (χ1v) is 9.26. The zero-order chi connectivity index (χ0) is 19.5. The first-order valence-electron chi connectivity index (χ1n) is 7.82. The highest BCUT2D eigenvalue weighted by Crippen LogP contribution is 2.25. The van der Waals surface area contributed by atoms with Gasteiger partial charge in [0.1, 0.15) is 0 Å². The minimum atomic E-state index is -3.83. The molecule has 0 saturated carbocycles. The highest BCUT2D eigenvalue weighted by molar-refractivity contribution is 7.89. The Balaban J connectivity index is 2.31. The van der Waals surface area contributed by atoms with Crippen LogP contribution in [0.5, 0.6) is 5.75 Å². The molecule has 0 atom stereocenters. The van der Waals surface area contributed by atoms with Gasteiger partial charge in [0.05, 0.1) is 12.0 Å². The quantitative estimate of drug-likeness (QED) is 0.836. The number of hydrogen-bond acceptors (Lipinski definition) is 4. The van der Waals surface area contributed by atoms with Crippen molar-refractivity contribution in [2.45, 2.75) is 25.3 Å². The number of hydrogen-bond donors (Lipinski definition) is 1. The zero-order valence-electron chi connectivity index (χ0n) is 15.0. The molecule has 0 aromatic heterocycles. The fourth-order valence-electron chi connectivity index (χ4n) is 2.48. The summed E-state index contributed by atoms with van der Waals surface area (Å²) < 4.78 is 45.6. The number of methoxy groups -OCH3 is 1. The minimum Gasteiger partial charge on any atom is -0.494 e. The molecule has 0 radical (unpaired) electrons. The number of carbonyl (C=O) groups excluding carboxylic acids is 1. The number of amides is 1. The second kappa shape index (κ2) is 7.84. The number of ether oxygens (including phenoxy) is 1. The predicted molar refractivity (Wildman–Crippen MR) is 97.1 cm³/mol. The van der Waals surface area contributed by atoms with Gasteiger partial charge in [-0.15, -0.1) is 0 Å². The van der Waals surface area contributed by atoms with Crippen molar-refractivity contribution >= 4 is 21.6 Å². The van der Waals surface area contributed by atoms with E-state index in [9.17, 15) is 17.6 Å². The maximum absolute atomic E-state index is 13.8. The van der Waals surface area contributed by atoms with Gasteiger partial charge < -0.3 is 10.1 Å². The molecule has 2 aromatic carbocycles. The van der Waals surface area contributed by atoms with E-state index < -0.39 is 15.8 Å². The summed E-state index contributed by atoms with van der Waals surface area (Å²) in [5.74, 6) is -0.753. The van der Waals surface area contributed by atoms with E-state index in [0.717, 1.165) is 4.31 Å². The Hall–Kier alpha value is -2.45. The molecule has 2 rings (SSSR count). The van der Waals surface area contributed by atoms with E-state index in [-0.39, 0.29) is 23.1 Å². The van der Waals surface area contributed by atoms with E-state index in [0.29, 0.717) is 16.8 Å². The molecule has 0 heterocycles. The lowest BCUT2D eigenvalue weighted by atomic mass is 10.2. The Morgan fingerprint density at radius 2 is 1.92 bits per heavy atom. The fraction of sp³-hybridized carbons (Fsp3) is 0.278. The van der Waals surface area contributed by atoms with E-state index in [1.807, 2.05) is 0 Å². The molecule has 8 heteroatoms. The number of aryl methyl sites for hydroxylation is 1. The van der Waals surface area contributed by atoms with Gasteiger partial charge in [0.2, 0.25) is 15.9 Å². The van der Waals surface area contributed by atoms with E-state index in [4.69, 9.17) is 4.74 Å². The Kier molecular flexibility index (Phi) is 5.99. The SMILES string of the molecule is COc1ccc(CN(C)S(=O)(=O)c2cc(NC(C)=O)ccc2C)cc1F. The third-order valence-electron chi connectivity index (χ3n) is 3.82. The van der Waals surface area contributed by atoms with Crippen LogP contribution in [0, 0.1) is 12.7 Å². The molecule has 0 aliphatic carbocycles. The predicted octanol–water partition coefficient (Wildman–Crippen LogP) is 2.92. The lowest BCUT2D eigenvalue weighted by molar-refractivity contribution is -0.114. The normalized spacial score (nSPS) is 11.5. The molecule has 0 fully saturated rings. The smallest absolute Gasteiger partial charge is 0.243 e. The van der Waals surface area contributed by atoms with Crippen LogP contribution in [0.15, 0.2) is 41.3 Å². The van der Waals surface area contributed by atoms with Crippen LogP contribution in [-0.4, -0.2) is 32.8 Å². The molecule has 26 heavy (non-hydrogen) atoms. The molecule has 0 bridgehead atoms. The molecule has 0 unspecified atom stereocenters. The van der Waals surface area contributed by atoms with E-state index in [1.54, 1.807) is 25.1 Å². The van der Waals surface area contributed by atoms with Crippen LogP contribution >= 0.6 is 0 Å². The topological polar surface area (TPSA) is 75.7 Å². The van der Waals surface area contributed by atoms with Gasteiger partial charge in [-0.05, 0) is 42.3 Å². The molecule has 6 nitrogen and oxygen atoms in total. The molecule has 1 N–H and O–H groups in total. The largest absolute Gasteiger partial charge is 0.494 e. The molecular weight excluding hydrogens is 359 g/mol. The van der Waals surface area contributed by atoms with Crippen molar-refractivity contribution in [1.29, 1.82) is 0 Å². The van der Waals surface area contributed by atoms with Crippen LogP contribution in [0.25, 0.3) is 0 Å². The maximum Gasteiger partial charge on any atom is 0.243 e. The third-order valence-corrected chi connectivity index (χ3v) is 5.76. The van der Waals surface area contributed by atoms with E-state index >= 15 is 0 Å². The van der Waals surface area contributed by atoms with Crippen molar-refractivity contribution in [3.05, 3.63) is 53.3 Å². The number of nitrogens with zero attached hydrogens (tertiary/aromatic N) is 1. The average Bonchev–Trinajstić information content (AvgIpc) is 2.56. The summed E-state index contributed by atoms with van der Waals surface area (Å²) in [6, 6.07) is 8.97. The van der Waals surface area contributed by atoms with Gasteiger partial charge in [-0.3, -0.25) is 4.79 Å². The number of nitrogens with one attached hydrogen (secondary N) is 1. The van der Waals surface area contributed by atoms with Crippen molar-refractivity contribution in [2.24, 2.45) is 0 Å². The number of halogens is 1. The van der Waals surface area contributed by atoms with Crippen molar-refractivity contribution in [3.8, 4) is 5.75 Å². The first-order chi connectivity index (χ1) is 12.1. The number of rotatable bonds is 6. The summed E-state index contributed by atoms with van der Waals surface area (Å²) >= 11 is 0. The van der Waals surface area contributed by atoms with Gasteiger partial charge in [0, 0.05) is 26.2 Å². The summed E-state index contributed by atoms with van der Waals surface area (Å²) in [6.45, 7) is 3.01. The molecular formula is C18H21FN2O4S. The van der Waals surface area contributed by atoms with E-state index in [1.165, 1.54) is 39.3 Å². The summed E-state index contributed by atoms with van der Waals surface area (Å²) in [7, 11) is -1.05. The summed E-state index contributed by atoms with van der Waals surface area (Å²) in [5.41, 5.74) is 1.43. The lowest BCUT2D eigenvalue weighted by Gasteiger charge is -2.19. The lowest BCUT2D eigenvalue weighted by Crippen LogP contribution is -2.27. The molecule has 0 aliphatic rings. The van der Waals surface area contributed by atoms with Gasteiger partial charge in [0.15, 0.2) is 11.6 Å². The molecule has 0 aliphatic heterocycles. The van der Waals surface area contributed by atoms with Gasteiger partial charge >= 0.3 is 0 Å². The Morgan fingerprint density at radius 1 is 1.23 bits per heavy atom. The molecule has 140 valence electrons. The van der Waals surface area contributed by atoms with Crippen molar-refractivity contribution in [2.75, 3.05) is 19.5 Å². The summed E-state index contributed by atoms with van der Waals surface area (Å²) in [6.07, 6.45) is 0. The molecule has 0 spiro atoms. The third kappa shape index (κ3) is 4.39. The Morgan fingerprint density at radius 3 is 2.50 bits per heavy atom. The van der Waals surface area contributed by atoms with Gasteiger partial charge in [-0.1, -0.05) is 12.1 Å². The monoisotopic (exact) mass is 380 g/mol. The van der Waals surface area contributed by atoms with Crippen LogP contribution in [0.4, 0.5) is 10.1 Å². The molecule has 2 aromatic rings. The van der Waals surface area contributed by atoms with Crippen LogP contribution < -0.4 is 10.1 Å². The van der Waals surface area contributed by atoms with Crippen molar-refractivity contribution < 1.29 is 22.3 Å². The highest BCUT2D eigenvalue weighted by Gasteiger charge is 2.24. The number of benzene rings is 2. The number of anilines is 1. The average molecular weight is 380 g/mol. The van der Waals surface area contributed by atoms with Crippen LogP contribution in [0.3, 0.4) is 0 Å². The van der Waals surface area contributed by atoms with Crippen LogP contribution in [0.1, 0.15) is 18.1 Å². The van der Waals surface area contributed by atoms with Crippen LogP contribution in [0.2, 0.25) is 0 Å². The van der Waals surface area contributed by atoms with E-state index in [2.05, 4.69) is 5.32 Å². The van der Waals surface area contributed by atoms with Crippen LogP contribution in [-0.2, 0) is 21.4 Å². The number of sulfonamides is 1. The standard InChI is InChI=1S/C18H21FN2O4S/c1-12-5-7-15(20-13(2)22)10-18(12)26(23,24)21(3)11-14-6-8-17(25-4)16(19)9-14/h5-10H,11H2,1-4H3,(H,20,22).